The van der Waals surface area contributed by atoms with Gasteiger partial charge < -0.3 is 5.11 Å². The smallest absolute Gasteiger partial charge is 0.354 e. The van der Waals surface area contributed by atoms with Crippen molar-refractivity contribution in [2.24, 2.45) is 0 Å². The zero-order chi connectivity index (χ0) is 23.9. The van der Waals surface area contributed by atoms with E-state index in [4.69, 9.17) is 5.10 Å². The summed E-state index contributed by atoms with van der Waals surface area (Å²) in [5, 5.41) is 29.1. The average molecular weight is 459 g/mol. The van der Waals surface area contributed by atoms with Gasteiger partial charge in [-0.2, -0.15) is 10.3 Å². The number of carboxylic acids is 1. The normalized spacial score (nSPS) is 11.1. The molecule has 2 aromatic carbocycles. The van der Waals surface area contributed by atoms with E-state index in [2.05, 4.69) is 58.7 Å². The van der Waals surface area contributed by atoms with Crippen LogP contribution in [0.3, 0.4) is 0 Å². The van der Waals surface area contributed by atoms with Gasteiger partial charge >= 0.3 is 5.97 Å². The Hall–Kier alpha value is -3.81. The molecule has 2 aromatic heterocycles. The van der Waals surface area contributed by atoms with Crippen molar-refractivity contribution in [2.45, 2.75) is 58.9 Å². The number of hydrogen-bond acceptors (Lipinski definition) is 5. The molecule has 2 heterocycles. The van der Waals surface area contributed by atoms with Crippen molar-refractivity contribution >= 4 is 5.97 Å². The second-order valence-corrected chi connectivity index (χ2v) is 8.41. The Morgan fingerprint density at radius 3 is 2.38 bits per heavy atom. The van der Waals surface area contributed by atoms with E-state index in [1.165, 1.54) is 0 Å². The fraction of sp³-hybridized carbons (Fsp3) is 0.346. The summed E-state index contributed by atoms with van der Waals surface area (Å²) in [6, 6.07) is 16.2. The monoisotopic (exact) mass is 458 g/mol. The van der Waals surface area contributed by atoms with Crippen LogP contribution in [-0.2, 0) is 19.4 Å². The molecule has 0 amide bonds. The predicted molar refractivity (Wildman–Crippen MR) is 131 cm³/mol. The van der Waals surface area contributed by atoms with Gasteiger partial charge in [0.05, 0.1) is 5.69 Å². The molecule has 0 radical (unpaired) electrons. The first-order chi connectivity index (χ1) is 16.6. The van der Waals surface area contributed by atoms with E-state index in [9.17, 15) is 9.90 Å². The van der Waals surface area contributed by atoms with E-state index in [1.54, 1.807) is 4.68 Å². The van der Waals surface area contributed by atoms with Crippen LogP contribution in [0.25, 0.3) is 22.5 Å². The van der Waals surface area contributed by atoms with Crippen molar-refractivity contribution in [3.05, 3.63) is 71.0 Å². The first-order valence-corrected chi connectivity index (χ1v) is 11.9. The number of carbonyl (C=O) groups is 1. The highest BCUT2D eigenvalue weighted by molar-refractivity contribution is 5.88. The lowest BCUT2D eigenvalue weighted by molar-refractivity contribution is 0.0682. The average Bonchev–Trinajstić information content (AvgIpc) is 3.50. The number of H-pyrrole nitrogens is 1. The lowest BCUT2D eigenvalue weighted by Crippen LogP contribution is -2.12. The molecule has 34 heavy (non-hydrogen) atoms. The number of tetrazole rings is 1. The summed E-state index contributed by atoms with van der Waals surface area (Å²) in [6.45, 7) is 4.86. The lowest BCUT2D eigenvalue weighted by atomic mass is 9.95. The number of nitrogens with zero attached hydrogens (tertiary/aromatic N) is 5. The van der Waals surface area contributed by atoms with Crippen molar-refractivity contribution in [2.75, 3.05) is 0 Å². The van der Waals surface area contributed by atoms with Gasteiger partial charge in [0.2, 0.25) is 5.82 Å². The Morgan fingerprint density at radius 1 is 1.00 bits per heavy atom. The fourth-order valence-electron chi connectivity index (χ4n) is 4.20. The highest BCUT2D eigenvalue weighted by Gasteiger charge is 2.23. The van der Waals surface area contributed by atoms with Crippen molar-refractivity contribution in [1.29, 1.82) is 0 Å². The Kier molecular flexibility index (Phi) is 7.47. The van der Waals surface area contributed by atoms with Gasteiger partial charge in [-0.15, -0.1) is 10.2 Å². The Bertz CT molecular complexity index is 1230. The van der Waals surface area contributed by atoms with Crippen LogP contribution in [-0.4, -0.2) is 41.5 Å². The zero-order valence-corrected chi connectivity index (χ0v) is 19.7. The molecule has 8 nitrogen and oxygen atoms in total. The van der Waals surface area contributed by atoms with E-state index >= 15 is 0 Å². The molecule has 0 aliphatic carbocycles. The Balaban J connectivity index is 1.65. The van der Waals surface area contributed by atoms with E-state index in [0.29, 0.717) is 24.5 Å². The van der Waals surface area contributed by atoms with Gasteiger partial charge in [-0.3, -0.25) is 4.68 Å². The van der Waals surface area contributed by atoms with Crippen molar-refractivity contribution < 1.29 is 9.90 Å². The molecule has 0 aliphatic heterocycles. The van der Waals surface area contributed by atoms with Crippen molar-refractivity contribution in [3.8, 4) is 22.5 Å². The van der Waals surface area contributed by atoms with E-state index in [1.807, 2.05) is 24.3 Å². The molecule has 0 aliphatic rings. The van der Waals surface area contributed by atoms with Gasteiger partial charge in [0, 0.05) is 24.1 Å². The standard InChI is InChI=1S/C26H30N6O2/c1-3-5-11-23-22(24(26(33)34)32(29-23)16-6-4-2)17-18-12-14-19(15-13-18)20-9-7-8-10-21(20)25-27-30-31-28-25/h7-10,12-15H,3-6,11,16-17H2,1-2H3,(H,33,34)(H,27,28,30,31). The summed E-state index contributed by atoms with van der Waals surface area (Å²) in [4.78, 5) is 12.2. The maximum atomic E-state index is 12.2. The molecule has 0 fully saturated rings. The number of aromatic amines is 1. The molecule has 0 atom stereocenters. The maximum absolute atomic E-state index is 12.2. The minimum atomic E-state index is -0.910. The highest BCUT2D eigenvalue weighted by Crippen LogP contribution is 2.30. The molecule has 4 rings (SSSR count). The summed E-state index contributed by atoms with van der Waals surface area (Å²) < 4.78 is 1.70. The van der Waals surface area contributed by atoms with E-state index < -0.39 is 5.97 Å². The Morgan fingerprint density at radius 2 is 1.74 bits per heavy atom. The number of aromatic nitrogens is 6. The minimum Gasteiger partial charge on any atom is -0.477 e. The first kappa shape index (κ1) is 23.4. The van der Waals surface area contributed by atoms with Gasteiger partial charge in [-0.05, 0) is 41.2 Å². The largest absolute Gasteiger partial charge is 0.477 e. The van der Waals surface area contributed by atoms with Crippen molar-refractivity contribution in [1.82, 2.24) is 30.4 Å². The molecule has 0 bridgehead atoms. The summed E-state index contributed by atoms with van der Waals surface area (Å²) in [7, 11) is 0. The van der Waals surface area contributed by atoms with Crippen LogP contribution in [0.4, 0.5) is 0 Å². The third kappa shape index (κ3) is 5.06. The fourth-order valence-corrected chi connectivity index (χ4v) is 4.20. The number of unbranched alkanes of at least 4 members (excludes halogenated alkanes) is 2. The molecule has 0 saturated carbocycles. The second-order valence-electron chi connectivity index (χ2n) is 8.41. The number of nitrogens with one attached hydrogen (secondary N) is 1. The number of rotatable bonds is 11. The summed E-state index contributed by atoms with van der Waals surface area (Å²) >= 11 is 0. The van der Waals surface area contributed by atoms with Crippen LogP contribution in [0, 0.1) is 0 Å². The third-order valence-electron chi connectivity index (χ3n) is 5.99. The molecule has 4 aromatic rings. The lowest BCUT2D eigenvalue weighted by Gasteiger charge is -2.09. The number of benzene rings is 2. The summed E-state index contributed by atoms with van der Waals surface area (Å²) in [6.07, 6.45) is 5.26. The third-order valence-corrected chi connectivity index (χ3v) is 5.99. The number of aromatic carboxylic acids is 1. The molecule has 0 unspecified atom stereocenters. The highest BCUT2D eigenvalue weighted by atomic mass is 16.4. The summed E-state index contributed by atoms with van der Waals surface area (Å²) in [5.74, 6) is -0.363. The molecular weight excluding hydrogens is 428 g/mol. The second kappa shape index (κ2) is 10.9. The van der Waals surface area contributed by atoms with Crippen LogP contribution in [0.2, 0.25) is 0 Å². The van der Waals surface area contributed by atoms with Gasteiger partial charge in [-0.1, -0.05) is 75.2 Å². The minimum absolute atomic E-state index is 0.325. The number of aryl methyl sites for hydroxylation is 2. The first-order valence-electron chi connectivity index (χ1n) is 11.9. The molecule has 0 saturated heterocycles. The Labute approximate surface area is 199 Å². The van der Waals surface area contributed by atoms with E-state index in [0.717, 1.165) is 65.6 Å². The van der Waals surface area contributed by atoms with Gasteiger partial charge in [0.25, 0.3) is 0 Å². The topological polar surface area (TPSA) is 110 Å². The molecule has 2 N–H and O–H groups in total. The van der Waals surface area contributed by atoms with E-state index in [-0.39, 0.29) is 0 Å². The van der Waals surface area contributed by atoms with Crippen molar-refractivity contribution in [3.63, 3.8) is 0 Å². The zero-order valence-electron chi connectivity index (χ0n) is 19.7. The quantitative estimate of drug-likeness (QED) is 0.321. The van der Waals surface area contributed by atoms with Crippen LogP contribution in [0.5, 0.6) is 0 Å². The van der Waals surface area contributed by atoms with Crippen LogP contribution in [0.15, 0.2) is 48.5 Å². The molecule has 176 valence electrons. The van der Waals surface area contributed by atoms with Gasteiger partial charge in [0.1, 0.15) is 5.69 Å². The van der Waals surface area contributed by atoms with Crippen LogP contribution >= 0.6 is 0 Å². The van der Waals surface area contributed by atoms with Crippen LogP contribution < -0.4 is 0 Å². The van der Waals surface area contributed by atoms with Crippen LogP contribution in [0.1, 0.15) is 66.8 Å². The number of carboxylic acid groups (broad SMARTS) is 1. The predicted octanol–water partition coefficient (Wildman–Crippen LogP) is 5.16. The molecular formula is C26H30N6O2. The summed E-state index contributed by atoms with van der Waals surface area (Å²) in [5.41, 5.74) is 6.06. The maximum Gasteiger partial charge on any atom is 0.354 e. The molecule has 8 heteroatoms. The van der Waals surface area contributed by atoms with Gasteiger partial charge in [0.15, 0.2) is 0 Å². The number of hydrogen-bond donors (Lipinski definition) is 2. The molecule has 0 spiro atoms. The van der Waals surface area contributed by atoms with Gasteiger partial charge in [-0.25, -0.2) is 4.79 Å². The SMILES string of the molecule is CCCCc1nn(CCCC)c(C(=O)O)c1Cc1ccc(-c2ccccc2-c2nn[nH]n2)cc1.